The molecule has 29 heavy (non-hydrogen) atoms. The van der Waals surface area contributed by atoms with Crippen LogP contribution in [0.4, 0.5) is 11.5 Å². The largest absolute Gasteiger partial charge is 0.494 e. The van der Waals surface area contributed by atoms with Gasteiger partial charge in [-0.3, -0.25) is 0 Å². The van der Waals surface area contributed by atoms with Crippen molar-refractivity contribution < 1.29 is 4.74 Å². The van der Waals surface area contributed by atoms with Gasteiger partial charge in [-0.2, -0.15) is 9.61 Å². The van der Waals surface area contributed by atoms with Gasteiger partial charge < -0.3 is 10.1 Å². The molecular formula is C24H26N4O. The molecule has 2 heterocycles. The summed E-state index contributed by atoms with van der Waals surface area (Å²) in [7, 11) is 0. The fraction of sp³-hybridized carbons (Fsp3) is 0.250. The van der Waals surface area contributed by atoms with Crippen molar-refractivity contribution in [2.45, 2.75) is 33.6 Å². The minimum atomic E-state index is 0.660. The first-order chi connectivity index (χ1) is 14.2. The molecule has 5 heteroatoms. The molecular weight excluding hydrogens is 360 g/mol. The maximum atomic E-state index is 5.55. The average Bonchev–Trinajstić information content (AvgIpc) is 3.07. The molecule has 1 N–H and O–H groups in total. The van der Waals surface area contributed by atoms with Crippen molar-refractivity contribution in [1.82, 2.24) is 14.6 Å². The lowest BCUT2D eigenvalue weighted by atomic mass is 10.1. The van der Waals surface area contributed by atoms with E-state index < -0.39 is 0 Å². The molecule has 0 bridgehead atoms. The van der Waals surface area contributed by atoms with Gasteiger partial charge in [-0.1, -0.05) is 43.7 Å². The fourth-order valence-corrected chi connectivity index (χ4v) is 3.54. The molecule has 0 unspecified atom stereocenters. The first kappa shape index (κ1) is 19.0. The quantitative estimate of drug-likeness (QED) is 0.436. The summed E-state index contributed by atoms with van der Waals surface area (Å²) >= 11 is 0. The number of hydrogen-bond acceptors (Lipinski definition) is 4. The van der Waals surface area contributed by atoms with Crippen molar-refractivity contribution in [3.8, 4) is 16.9 Å². The highest BCUT2D eigenvalue weighted by Crippen LogP contribution is 2.30. The third kappa shape index (κ3) is 3.94. The topological polar surface area (TPSA) is 51.5 Å². The van der Waals surface area contributed by atoms with Crippen molar-refractivity contribution in [3.05, 3.63) is 72.1 Å². The number of nitrogens with zero attached hydrogens (tertiary/aromatic N) is 3. The van der Waals surface area contributed by atoms with Gasteiger partial charge in [0.25, 0.3) is 0 Å². The third-order valence-electron chi connectivity index (χ3n) is 4.82. The molecule has 2 aromatic carbocycles. The molecule has 0 radical (unpaired) electrons. The smallest absolute Gasteiger partial charge is 0.165 e. The van der Waals surface area contributed by atoms with E-state index in [-0.39, 0.29) is 0 Å². The first-order valence-corrected chi connectivity index (χ1v) is 10.1. The summed E-state index contributed by atoms with van der Waals surface area (Å²) in [5.41, 5.74) is 6.11. The summed E-state index contributed by atoms with van der Waals surface area (Å²) in [5.74, 6) is 1.78. The van der Waals surface area contributed by atoms with Crippen LogP contribution in [-0.2, 0) is 6.42 Å². The highest BCUT2D eigenvalue weighted by Gasteiger charge is 2.16. The molecule has 0 aliphatic heterocycles. The average molecular weight is 386 g/mol. The van der Waals surface area contributed by atoms with Crippen molar-refractivity contribution in [3.63, 3.8) is 0 Å². The molecule has 0 aliphatic rings. The van der Waals surface area contributed by atoms with E-state index in [0.29, 0.717) is 6.61 Å². The fourth-order valence-electron chi connectivity index (χ4n) is 3.54. The van der Waals surface area contributed by atoms with Crippen LogP contribution in [-0.4, -0.2) is 21.2 Å². The van der Waals surface area contributed by atoms with Crippen molar-refractivity contribution >= 4 is 17.2 Å². The lowest BCUT2D eigenvalue weighted by Gasteiger charge is -2.12. The first-order valence-electron chi connectivity index (χ1n) is 10.1. The van der Waals surface area contributed by atoms with Crippen LogP contribution in [0.15, 0.2) is 60.7 Å². The minimum absolute atomic E-state index is 0.660. The van der Waals surface area contributed by atoms with Gasteiger partial charge >= 0.3 is 0 Å². The van der Waals surface area contributed by atoms with Gasteiger partial charge in [0.1, 0.15) is 11.6 Å². The van der Waals surface area contributed by atoms with E-state index >= 15 is 0 Å². The van der Waals surface area contributed by atoms with Crippen LogP contribution < -0.4 is 10.1 Å². The number of ether oxygens (including phenoxy) is 1. The number of nitrogens with one attached hydrogen (secondary N) is 1. The summed E-state index contributed by atoms with van der Waals surface area (Å²) in [4.78, 5) is 4.94. The van der Waals surface area contributed by atoms with Crippen LogP contribution in [0.25, 0.3) is 16.8 Å². The molecule has 0 amide bonds. The molecule has 0 aliphatic carbocycles. The molecule has 5 nitrogen and oxygen atoms in total. The summed E-state index contributed by atoms with van der Waals surface area (Å²) in [6.45, 7) is 6.86. The summed E-state index contributed by atoms with van der Waals surface area (Å²) < 4.78 is 7.46. The van der Waals surface area contributed by atoms with E-state index in [2.05, 4.69) is 30.4 Å². The molecule has 0 saturated carbocycles. The SMILES string of the molecule is CCCc1cc(Nc2ccc(OCC)cc2)n2nc(C)c(-c3ccccc3)c2n1. The molecule has 4 rings (SSSR count). The van der Waals surface area contributed by atoms with Gasteiger partial charge in [-0.25, -0.2) is 4.98 Å². The summed E-state index contributed by atoms with van der Waals surface area (Å²) in [6.07, 6.45) is 1.96. The Labute approximate surface area is 171 Å². The number of anilines is 2. The maximum absolute atomic E-state index is 5.55. The van der Waals surface area contributed by atoms with Crippen molar-refractivity contribution in [1.29, 1.82) is 0 Å². The number of fused-ring (bicyclic) bond motifs is 1. The van der Waals surface area contributed by atoms with Crippen LogP contribution in [0, 0.1) is 6.92 Å². The summed E-state index contributed by atoms with van der Waals surface area (Å²) in [5, 5.41) is 8.31. The Morgan fingerprint density at radius 2 is 1.76 bits per heavy atom. The van der Waals surface area contributed by atoms with Crippen LogP contribution >= 0.6 is 0 Å². The van der Waals surface area contributed by atoms with Gasteiger partial charge in [0.15, 0.2) is 5.65 Å². The Balaban J connectivity index is 1.80. The molecule has 2 aromatic heterocycles. The van der Waals surface area contributed by atoms with Gasteiger partial charge in [0.05, 0.1) is 12.3 Å². The molecule has 0 atom stereocenters. The zero-order valence-corrected chi connectivity index (χ0v) is 17.1. The summed E-state index contributed by atoms with van der Waals surface area (Å²) in [6, 6.07) is 20.4. The third-order valence-corrected chi connectivity index (χ3v) is 4.82. The number of benzene rings is 2. The number of hydrogen-bond donors (Lipinski definition) is 1. The molecule has 0 fully saturated rings. The second kappa shape index (κ2) is 8.35. The second-order valence-corrected chi connectivity index (χ2v) is 7.03. The van der Waals surface area contributed by atoms with E-state index in [1.54, 1.807) is 0 Å². The lowest BCUT2D eigenvalue weighted by molar-refractivity contribution is 0.340. The van der Waals surface area contributed by atoms with E-state index in [0.717, 1.165) is 58.3 Å². The number of aromatic nitrogens is 3. The highest BCUT2D eigenvalue weighted by atomic mass is 16.5. The molecule has 148 valence electrons. The van der Waals surface area contributed by atoms with E-state index in [1.165, 1.54) is 0 Å². The minimum Gasteiger partial charge on any atom is -0.494 e. The van der Waals surface area contributed by atoms with E-state index in [9.17, 15) is 0 Å². The van der Waals surface area contributed by atoms with Gasteiger partial charge in [0, 0.05) is 23.0 Å². The van der Waals surface area contributed by atoms with Crippen LogP contribution in [0.2, 0.25) is 0 Å². The Morgan fingerprint density at radius 3 is 2.45 bits per heavy atom. The molecule has 4 aromatic rings. The van der Waals surface area contributed by atoms with Crippen LogP contribution in [0.3, 0.4) is 0 Å². The Hall–Kier alpha value is -3.34. The van der Waals surface area contributed by atoms with Crippen LogP contribution in [0.5, 0.6) is 5.75 Å². The van der Waals surface area contributed by atoms with E-state index in [4.69, 9.17) is 14.8 Å². The Bertz CT molecular complexity index is 1100. The van der Waals surface area contributed by atoms with E-state index in [1.807, 2.05) is 60.8 Å². The second-order valence-electron chi connectivity index (χ2n) is 7.03. The van der Waals surface area contributed by atoms with Gasteiger partial charge in [-0.05, 0) is 50.1 Å². The molecule has 0 spiro atoms. The van der Waals surface area contributed by atoms with Crippen LogP contribution in [0.1, 0.15) is 31.7 Å². The van der Waals surface area contributed by atoms with Crippen molar-refractivity contribution in [2.24, 2.45) is 0 Å². The normalized spacial score (nSPS) is 11.0. The lowest BCUT2D eigenvalue weighted by Crippen LogP contribution is -2.04. The Morgan fingerprint density at radius 1 is 1.00 bits per heavy atom. The number of rotatable bonds is 7. The predicted octanol–water partition coefficient (Wildman–Crippen LogP) is 5.80. The van der Waals surface area contributed by atoms with Crippen molar-refractivity contribution in [2.75, 3.05) is 11.9 Å². The molecule has 0 saturated heterocycles. The zero-order valence-electron chi connectivity index (χ0n) is 17.1. The standard InChI is InChI=1S/C24H26N4O/c1-4-9-20-16-22(25-19-12-14-21(15-13-19)29-5-2)28-24(26-20)23(17(3)27-28)18-10-7-6-8-11-18/h6-8,10-16,25H,4-5,9H2,1-3H3. The maximum Gasteiger partial charge on any atom is 0.165 e. The monoisotopic (exact) mass is 386 g/mol. The number of aryl methyl sites for hydroxylation is 2. The van der Waals surface area contributed by atoms with Gasteiger partial charge in [0.2, 0.25) is 0 Å². The zero-order chi connectivity index (χ0) is 20.2. The predicted molar refractivity (Wildman–Crippen MR) is 118 cm³/mol. The highest BCUT2D eigenvalue weighted by molar-refractivity contribution is 5.81. The Kier molecular flexibility index (Phi) is 5.47. The van der Waals surface area contributed by atoms with Gasteiger partial charge in [-0.15, -0.1) is 0 Å².